The fourth-order valence-corrected chi connectivity index (χ4v) is 4.87. The number of hydrogen-bond donors (Lipinski definition) is 1. The van der Waals surface area contributed by atoms with Crippen LogP contribution in [0, 0.1) is 5.82 Å². The molecule has 0 saturated carbocycles. The number of benzene rings is 3. The van der Waals surface area contributed by atoms with Gasteiger partial charge in [0.1, 0.15) is 5.82 Å². The second kappa shape index (κ2) is 8.05. The maximum absolute atomic E-state index is 13.4. The molecule has 1 N–H and O–H groups in total. The van der Waals surface area contributed by atoms with Crippen molar-refractivity contribution in [1.82, 2.24) is 4.90 Å². The minimum atomic E-state index is -0.770. The van der Waals surface area contributed by atoms with E-state index in [1.807, 2.05) is 42.5 Å². The Morgan fingerprint density at radius 1 is 0.969 bits per heavy atom. The molecule has 32 heavy (non-hydrogen) atoms. The molecule has 0 bridgehead atoms. The van der Waals surface area contributed by atoms with E-state index in [1.54, 1.807) is 29.6 Å². The highest BCUT2D eigenvalue weighted by molar-refractivity contribution is 7.12. The van der Waals surface area contributed by atoms with Crippen molar-refractivity contribution < 1.29 is 19.1 Å². The summed E-state index contributed by atoms with van der Waals surface area (Å²) in [6.45, 7) is 0.123. The van der Waals surface area contributed by atoms with Crippen molar-refractivity contribution in [2.45, 2.75) is 12.6 Å². The summed E-state index contributed by atoms with van der Waals surface area (Å²) in [6, 6.07) is 22.0. The molecule has 1 unspecified atom stereocenters. The van der Waals surface area contributed by atoms with Crippen LogP contribution in [0.2, 0.25) is 0 Å². The molecule has 2 heterocycles. The van der Waals surface area contributed by atoms with Crippen molar-refractivity contribution in [1.29, 1.82) is 0 Å². The average Bonchev–Trinajstić information content (AvgIpc) is 3.43. The first kappa shape index (κ1) is 20.2. The Morgan fingerprint density at radius 3 is 2.47 bits per heavy atom. The van der Waals surface area contributed by atoms with Gasteiger partial charge in [-0.3, -0.25) is 9.59 Å². The number of carbonyl (C=O) groups excluding carboxylic acids is 2. The smallest absolute Gasteiger partial charge is 0.290 e. The summed E-state index contributed by atoms with van der Waals surface area (Å²) in [5, 5.41) is 14.5. The molecule has 1 amide bonds. The van der Waals surface area contributed by atoms with E-state index in [4.69, 9.17) is 0 Å². The first-order valence-corrected chi connectivity index (χ1v) is 11.0. The number of ketones is 1. The van der Waals surface area contributed by atoms with Crippen LogP contribution in [0.3, 0.4) is 0 Å². The van der Waals surface area contributed by atoms with Gasteiger partial charge in [0, 0.05) is 6.54 Å². The van der Waals surface area contributed by atoms with Gasteiger partial charge in [0.2, 0.25) is 5.78 Å². The van der Waals surface area contributed by atoms with Gasteiger partial charge in [0.05, 0.1) is 16.5 Å². The molecule has 0 saturated heterocycles. The van der Waals surface area contributed by atoms with Gasteiger partial charge >= 0.3 is 0 Å². The van der Waals surface area contributed by atoms with Gasteiger partial charge < -0.3 is 10.0 Å². The Balaban J connectivity index is 1.67. The van der Waals surface area contributed by atoms with Crippen molar-refractivity contribution in [3.8, 4) is 0 Å². The SMILES string of the molecule is O=C(C1=C(O)C(=O)N(Cc2ccc(F)cc2)C1c1cccc2ccccc12)c1cccs1. The summed E-state index contributed by atoms with van der Waals surface area (Å²) in [4.78, 5) is 28.5. The number of hydrogen-bond acceptors (Lipinski definition) is 4. The van der Waals surface area contributed by atoms with E-state index < -0.39 is 17.7 Å². The molecule has 0 fully saturated rings. The third kappa shape index (κ3) is 3.39. The average molecular weight is 443 g/mol. The predicted molar refractivity (Wildman–Crippen MR) is 122 cm³/mol. The first-order valence-electron chi connectivity index (χ1n) is 10.1. The highest BCUT2D eigenvalue weighted by Crippen LogP contribution is 2.42. The van der Waals surface area contributed by atoms with Crippen LogP contribution in [-0.4, -0.2) is 21.7 Å². The Morgan fingerprint density at radius 2 is 1.72 bits per heavy atom. The molecule has 158 valence electrons. The number of aliphatic hydroxyl groups excluding tert-OH is 1. The Hall–Kier alpha value is -3.77. The zero-order chi connectivity index (χ0) is 22.2. The molecule has 1 aromatic heterocycles. The lowest BCUT2D eigenvalue weighted by molar-refractivity contribution is -0.130. The molecule has 1 aliphatic heterocycles. The van der Waals surface area contributed by atoms with E-state index in [-0.39, 0.29) is 23.7 Å². The van der Waals surface area contributed by atoms with E-state index in [2.05, 4.69) is 0 Å². The second-order valence-corrected chi connectivity index (χ2v) is 8.55. The number of thiophene rings is 1. The molecule has 1 aliphatic rings. The van der Waals surface area contributed by atoms with E-state index in [0.717, 1.165) is 16.3 Å². The number of halogens is 1. The molecule has 3 aromatic carbocycles. The van der Waals surface area contributed by atoms with Crippen molar-refractivity contribution >= 4 is 33.8 Å². The van der Waals surface area contributed by atoms with Gasteiger partial charge in [-0.05, 0) is 45.5 Å². The molecule has 5 rings (SSSR count). The largest absolute Gasteiger partial charge is 0.503 e. The molecule has 6 heteroatoms. The number of amides is 1. The van der Waals surface area contributed by atoms with E-state index >= 15 is 0 Å². The first-order chi connectivity index (χ1) is 15.5. The third-order valence-corrected chi connectivity index (χ3v) is 6.55. The van der Waals surface area contributed by atoms with E-state index in [1.165, 1.54) is 28.4 Å². The van der Waals surface area contributed by atoms with Crippen LogP contribution >= 0.6 is 11.3 Å². The normalized spacial score (nSPS) is 16.2. The third-order valence-electron chi connectivity index (χ3n) is 5.68. The van der Waals surface area contributed by atoms with Crippen LogP contribution in [0.5, 0.6) is 0 Å². The summed E-state index contributed by atoms with van der Waals surface area (Å²) in [7, 11) is 0. The maximum Gasteiger partial charge on any atom is 0.290 e. The molecule has 0 aliphatic carbocycles. The minimum Gasteiger partial charge on any atom is -0.503 e. The van der Waals surface area contributed by atoms with Gasteiger partial charge in [0.25, 0.3) is 5.91 Å². The quantitative estimate of drug-likeness (QED) is 0.396. The van der Waals surface area contributed by atoms with Gasteiger partial charge in [-0.25, -0.2) is 4.39 Å². The van der Waals surface area contributed by atoms with Gasteiger partial charge in [-0.1, -0.05) is 60.7 Å². The maximum atomic E-state index is 13.4. The van der Waals surface area contributed by atoms with Crippen LogP contribution in [0.15, 0.2) is 95.6 Å². The summed E-state index contributed by atoms with van der Waals surface area (Å²) in [6.07, 6.45) is 0. The number of Topliss-reactive ketones (excluding diaryl/α,β-unsaturated/α-hetero) is 1. The Labute approximate surface area is 187 Å². The fourth-order valence-electron chi connectivity index (χ4n) is 4.19. The van der Waals surface area contributed by atoms with Crippen molar-refractivity contribution in [3.63, 3.8) is 0 Å². The van der Waals surface area contributed by atoms with Crippen molar-refractivity contribution in [2.75, 3.05) is 0 Å². The van der Waals surface area contributed by atoms with Crippen LogP contribution in [0.1, 0.15) is 26.8 Å². The predicted octanol–water partition coefficient (Wildman–Crippen LogP) is 5.82. The standard InChI is InChI=1S/C26H18FNO3S/c27-18-12-10-16(11-13-18)15-28-23(20-8-3-6-17-5-1-2-7-19(17)20)22(25(30)26(28)31)24(29)21-9-4-14-32-21/h1-14,23,30H,15H2. The van der Waals surface area contributed by atoms with Crippen molar-refractivity contribution in [3.05, 3.63) is 117 Å². The number of rotatable bonds is 5. The summed E-state index contributed by atoms with van der Waals surface area (Å²) in [5.41, 5.74) is 1.51. The zero-order valence-electron chi connectivity index (χ0n) is 16.9. The molecule has 4 aromatic rings. The molecular weight excluding hydrogens is 425 g/mol. The lowest BCUT2D eigenvalue weighted by Crippen LogP contribution is -2.30. The van der Waals surface area contributed by atoms with E-state index in [0.29, 0.717) is 10.4 Å². The monoisotopic (exact) mass is 443 g/mol. The topological polar surface area (TPSA) is 57.6 Å². The molecule has 1 atom stereocenters. The van der Waals surface area contributed by atoms with E-state index in [9.17, 15) is 19.1 Å². The lowest BCUT2D eigenvalue weighted by Gasteiger charge is -2.28. The Kier molecular flexibility index (Phi) is 5.07. The second-order valence-electron chi connectivity index (χ2n) is 7.60. The summed E-state index contributed by atoms with van der Waals surface area (Å²) >= 11 is 1.26. The molecule has 0 spiro atoms. The summed E-state index contributed by atoms with van der Waals surface area (Å²) in [5.74, 6) is -1.90. The lowest BCUT2D eigenvalue weighted by atomic mass is 9.91. The van der Waals surface area contributed by atoms with Crippen LogP contribution < -0.4 is 0 Å². The minimum absolute atomic E-state index is 0.0657. The van der Waals surface area contributed by atoms with Gasteiger partial charge in [0.15, 0.2) is 5.76 Å². The summed E-state index contributed by atoms with van der Waals surface area (Å²) < 4.78 is 13.4. The fraction of sp³-hybridized carbons (Fsp3) is 0.0769. The highest BCUT2D eigenvalue weighted by Gasteiger charge is 2.44. The Bertz CT molecular complexity index is 1350. The van der Waals surface area contributed by atoms with Gasteiger partial charge in [-0.2, -0.15) is 0 Å². The van der Waals surface area contributed by atoms with Crippen LogP contribution in [0.4, 0.5) is 4.39 Å². The van der Waals surface area contributed by atoms with Crippen LogP contribution in [0.25, 0.3) is 10.8 Å². The van der Waals surface area contributed by atoms with Gasteiger partial charge in [-0.15, -0.1) is 11.3 Å². The molecular formula is C26H18FNO3S. The zero-order valence-corrected chi connectivity index (χ0v) is 17.7. The number of nitrogens with zero attached hydrogens (tertiary/aromatic N) is 1. The highest BCUT2D eigenvalue weighted by atomic mass is 32.1. The number of aliphatic hydroxyl groups is 1. The molecule has 4 nitrogen and oxygen atoms in total. The van der Waals surface area contributed by atoms with Crippen molar-refractivity contribution in [2.24, 2.45) is 0 Å². The molecule has 0 radical (unpaired) electrons. The van der Waals surface area contributed by atoms with Crippen LogP contribution in [-0.2, 0) is 11.3 Å². The number of carbonyl (C=O) groups is 2. The number of fused-ring (bicyclic) bond motifs is 1.